The van der Waals surface area contributed by atoms with Crippen LogP contribution in [0.1, 0.15) is 36.6 Å². The Labute approximate surface area is 143 Å². The molecule has 2 amide bonds. The Hall–Kier alpha value is -1.86. The maximum absolute atomic E-state index is 12.2. The molecule has 0 radical (unpaired) electrons. The Kier molecular flexibility index (Phi) is 5.30. The van der Waals surface area contributed by atoms with Crippen molar-refractivity contribution in [1.29, 1.82) is 0 Å². The highest BCUT2D eigenvalue weighted by Gasteiger charge is 2.28. The van der Waals surface area contributed by atoms with Gasteiger partial charge in [0.2, 0.25) is 0 Å². The van der Waals surface area contributed by atoms with E-state index in [0.717, 1.165) is 12.8 Å². The number of hydrogen-bond acceptors (Lipinski definition) is 5. The molecule has 0 spiro atoms. The molecule has 1 aliphatic carbocycles. The first-order valence-electron chi connectivity index (χ1n) is 7.57. The van der Waals surface area contributed by atoms with Gasteiger partial charge in [0.1, 0.15) is 0 Å². The molecule has 2 aromatic heterocycles. The third-order valence-corrected chi connectivity index (χ3v) is 5.10. The van der Waals surface area contributed by atoms with Gasteiger partial charge in [0.05, 0.1) is 6.04 Å². The van der Waals surface area contributed by atoms with E-state index in [4.69, 9.17) is 11.6 Å². The van der Waals surface area contributed by atoms with Crippen molar-refractivity contribution in [2.45, 2.75) is 31.7 Å². The van der Waals surface area contributed by atoms with E-state index in [2.05, 4.69) is 32.4 Å². The van der Waals surface area contributed by atoms with Gasteiger partial charge in [0, 0.05) is 4.88 Å². The average molecular weight is 352 g/mol. The third-order valence-electron chi connectivity index (χ3n) is 3.94. The Morgan fingerprint density at radius 3 is 2.74 bits per heavy atom. The highest BCUT2D eigenvalue weighted by Crippen LogP contribution is 2.37. The van der Waals surface area contributed by atoms with Crippen LogP contribution in [0.5, 0.6) is 0 Å². The second kappa shape index (κ2) is 7.61. The van der Waals surface area contributed by atoms with Crippen LogP contribution in [0.25, 0.3) is 0 Å². The highest BCUT2D eigenvalue weighted by molar-refractivity contribution is 7.10. The summed E-state index contributed by atoms with van der Waals surface area (Å²) in [4.78, 5) is 13.4. The molecule has 2 aromatic rings. The van der Waals surface area contributed by atoms with E-state index in [-0.39, 0.29) is 12.1 Å². The fourth-order valence-corrected chi connectivity index (χ4v) is 3.83. The molecule has 6 nitrogen and oxygen atoms in total. The number of carbonyl (C=O) groups is 1. The predicted octanol–water partition coefficient (Wildman–Crippen LogP) is 3.75. The lowest BCUT2D eigenvalue weighted by molar-refractivity contribution is 0.233. The standard InChI is InChI=1S/C15H18ClN5OS/c16-12-7-8-13(19-18-12)20-21-15(22)17-14(10-4-1-2-5-10)11-6-3-9-23-11/h3,6-10,14H,1-2,4-5H2,(H,19,20)(H2,17,21,22)/t14-/m1/s1. The van der Waals surface area contributed by atoms with Gasteiger partial charge < -0.3 is 5.32 Å². The van der Waals surface area contributed by atoms with Crippen molar-refractivity contribution in [2.75, 3.05) is 5.43 Å². The van der Waals surface area contributed by atoms with Crippen LogP contribution in [0.2, 0.25) is 5.15 Å². The van der Waals surface area contributed by atoms with Gasteiger partial charge in [-0.05, 0) is 42.3 Å². The number of urea groups is 1. The summed E-state index contributed by atoms with van der Waals surface area (Å²) in [5, 5.41) is 12.9. The van der Waals surface area contributed by atoms with Crippen molar-refractivity contribution in [2.24, 2.45) is 5.92 Å². The van der Waals surface area contributed by atoms with E-state index in [1.165, 1.54) is 17.7 Å². The molecule has 3 rings (SSSR count). The molecular weight excluding hydrogens is 334 g/mol. The minimum atomic E-state index is -0.285. The molecule has 122 valence electrons. The van der Waals surface area contributed by atoms with E-state index < -0.39 is 0 Å². The number of anilines is 1. The average Bonchev–Trinajstić information content (AvgIpc) is 3.25. The first kappa shape index (κ1) is 16.0. The minimum Gasteiger partial charge on any atom is -0.329 e. The van der Waals surface area contributed by atoms with Gasteiger partial charge in [-0.25, -0.2) is 4.79 Å². The molecule has 3 N–H and O–H groups in total. The number of hydrogen-bond donors (Lipinski definition) is 3. The zero-order valence-corrected chi connectivity index (χ0v) is 14.0. The Balaban J connectivity index is 1.58. The van der Waals surface area contributed by atoms with E-state index in [9.17, 15) is 4.79 Å². The largest absolute Gasteiger partial charge is 0.333 e. The number of aromatic nitrogens is 2. The van der Waals surface area contributed by atoms with Crippen molar-refractivity contribution >= 4 is 34.8 Å². The molecule has 1 atom stereocenters. The molecule has 0 bridgehead atoms. The van der Waals surface area contributed by atoms with Crippen LogP contribution in [0.3, 0.4) is 0 Å². The summed E-state index contributed by atoms with van der Waals surface area (Å²) < 4.78 is 0. The Morgan fingerprint density at radius 1 is 1.26 bits per heavy atom. The summed E-state index contributed by atoms with van der Waals surface area (Å²) in [6.45, 7) is 0. The van der Waals surface area contributed by atoms with Gasteiger partial charge in [0.15, 0.2) is 11.0 Å². The van der Waals surface area contributed by atoms with Crippen molar-refractivity contribution in [3.05, 3.63) is 39.7 Å². The molecule has 1 fully saturated rings. The van der Waals surface area contributed by atoms with Crippen LogP contribution in [0.4, 0.5) is 10.6 Å². The number of amides is 2. The number of carbonyl (C=O) groups excluding carboxylic acids is 1. The van der Waals surface area contributed by atoms with E-state index in [1.54, 1.807) is 23.5 Å². The van der Waals surface area contributed by atoms with Gasteiger partial charge in [-0.2, -0.15) is 0 Å². The summed E-state index contributed by atoms with van der Waals surface area (Å²) in [6, 6.07) is 7.10. The number of rotatable bonds is 5. The van der Waals surface area contributed by atoms with Crippen molar-refractivity contribution < 1.29 is 4.79 Å². The number of nitrogens with zero attached hydrogens (tertiary/aromatic N) is 2. The van der Waals surface area contributed by atoms with Crippen LogP contribution >= 0.6 is 22.9 Å². The molecule has 0 saturated heterocycles. The first-order chi connectivity index (χ1) is 11.2. The fourth-order valence-electron chi connectivity index (χ4n) is 2.86. The van der Waals surface area contributed by atoms with Gasteiger partial charge in [-0.15, -0.1) is 21.5 Å². The summed E-state index contributed by atoms with van der Waals surface area (Å²) >= 11 is 7.35. The molecule has 8 heteroatoms. The summed E-state index contributed by atoms with van der Waals surface area (Å²) in [7, 11) is 0. The Morgan fingerprint density at radius 2 is 2.09 bits per heavy atom. The third kappa shape index (κ3) is 4.33. The molecule has 0 aromatic carbocycles. The minimum absolute atomic E-state index is 0.0515. The van der Waals surface area contributed by atoms with E-state index in [1.807, 2.05) is 11.4 Å². The van der Waals surface area contributed by atoms with Crippen molar-refractivity contribution in [3.8, 4) is 0 Å². The summed E-state index contributed by atoms with van der Waals surface area (Å²) in [5.74, 6) is 0.924. The topological polar surface area (TPSA) is 78.9 Å². The van der Waals surface area contributed by atoms with Crippen LogP contribution in [-0.4, -0.2) is 16.2 Å². The second-order valence-electron chi connectivity index (χ2n) is 5.50. The highest BCUT2D eigenvalue weighted by atomic mass is 35.5. The van der Waals surface area contributed by atoms with E-state index in [0.29, 0.717) is 16.9 Å². The normalized spacial score (nSPS) is 16.0. The lowest BCUT2D eigenvalue weighted by Crippen LogP contribution is -2.42. The molecule has 0 unspecified atom stereocenters. The van der Waals surface area contributed by atoms with Crippen LogP contribution in [0.15, 0.2) is 29.6 Å². The zero-order valence-electron chi connectivity index (χ0n) is 12.5. The molecule has 2 heterocycles. The lowest BCUT2D eigenvalue weighted by atomic mass is 9.97. The lowest BCUT2D eigenvalue weighted by Gasteiger charge is -2.24. The molecule has 23 heavy (non-hydrogen) atoms. The zero-order chi connectivity index (χ0) is 16.1. The Bertz CT molecular complexity index is 628. The monoisotopic (exact) mass is 351 g/mol. The SMILES string of the molecule is O=C(NNc1ccc(Cl)nn1)N[C@@H](c1cccs1)C1CCCC1. The van der Waals surface area contributed by atoms with Crippen LogP contribution in [-0.2, 0) is 0 Å². The van der Waals surface area contributed by atoms with Gasteiger partial charge in [-0.1, -0.05) is 30.5 Å². The van der Waals surface area contributed by atoms with Crippen LogP contribution in [0, 0.1) is 5.92 Å². The van der Waals surface area contributed by atoms with Crippen LogP contribution < -0.4 is 16.2 Å². The molecule has 1 saturated carbocycles. The summed E-state index contributed by atoms with van der Waals surface area (Å²) in [5.41, 5.74) is 5.32. The van der Waals surface area contributed by atoms with Gasteiger partial charge >= 0.3 is 6.03 Å². The molecular formula is C15H18ClN5OS. The molecule has 0 aliphatic heterocycles. The fraction of sp³-hybridized carbons (Fsp3) is 0.400. The maximum Gasteiger partial charge on any atom is 0.333 e. The smallest absolute Gasteiger partial charge is 0.329 e. The number of hydrazine groups is 1. The van der Waals surface area contributed by atoms with Gasteiger partial charge in [0.25, 0.3) is 0 Å². The molecule has 1 aliphatic rings. The summed E-state index contributed by atoms with van der Waals surface area (Å²) in [6.07, 6.45) is 4.76. The van der Waals surface area contributed by atoms with Gasteiger partial charge in [-0.3, -0.25) is 10.9 Å². The number of nitrogens with one attached hydrogen (secondary N) is 3. The van der Waals surface area contributed by atoms with Crippen molar-refractivity contribution in [1.82, 2.24) is 20.9 Å². The maximum atomic E-state index is 12.2. The predicted molar refractivity (Wildman–Crippen MR) is 91.4 cm³/mol. The number of thiophene rings is 1. The van der Waals surface area contributed by atoms with Crippen molar-refractivity contribution in [3.63, 3.8) is 0 Å². The second-order valence-corrected chi connectivity index (χ2v) is 6.87. The number of halogens is 1. The first-order valence-corrected chi connectivity index (χ1v) is 8.83. The quantitative estimate of drug-likeness (QED) is 0.717. The van der Waals surface area contributed by atoms with E-state index >= 15 is 0 Å².